The molecule has 0 aromatic rings. The fraction of sp³-hybridized carbons (Fsp3) is 0.500. The van der Waals surface area contributed by atoms with Crippen LogP contribution in [0.4, 0.5) is 0 Å². The van der Waals surface area contributed by atoms with Gasteiger partial charge in [-0.15, -0.1) is 5.06 Å². The first-order chi connectivity index (χ1) is 13.4. The summed E-state index contributed by atoms with van der Waals surface area (Å²) < 4.78 is 0. The Hall–Kier alpha value is -2.34. The fourth-order valence-electron chi connectivity index (χ4n) is 2.23. The van der Waals surface area contributed by atoms with Gasteiger partial charge in [0.1, 0.15) is 0 Å². The van der Waals surface area contributed by atoms with Crippen LogP contribution in [0, 0.1) is 0 Å². The molecule has 2 heterocycles. The maximum Gasteiger partial charge on any atom is 0.334 e. The normalized spacial score (nSPS) is 16.3. The highest BCUT2D eigenvalue weighted by molar-refractivity contribution is 8.76. The molecule has 1 fully saturated rings. The van der Waals surface area contributed by atoms with E-state index in [0.29, 0.717) is 23.1 Å². The van der Waals surface area contributed by atoms with Gasteiger partial charge in [-0.1, -0.05) is 21.6 Å². The van der Waals surface area contributed by atoms with Crippen LogP contribution in [0.5, 0.6) is 0 Å². The predicted octanol–water partition coefficient (Wildman–Crippen LogP) is -0.204. The first kappa shape index (κ1) is 22.0. The molecule has 0 aromatic carbocycles. The van der Waals surface area contributed by atoms with E-state index in [-0.39, 0.29) is 38.1 Å². The molecule has 1 N–H and O–H groups in total. The molecule has 12 heteroatoms. The van der Waals surface area contributed by atoms with E-state index in [2.05, 4.69) is 5.32 Å². The Morgan fingerprint density at radius 1 is 0.964 bits per heavy atom. The van der Waals surface area contributed by atoms with Crippen LogP contribution in [0.3, 0.4) is 0 Å². The highest BCUT2D eigenvalue weighted by atomic mass is 33.1. The minimum atomic E-state index is -0.648. The summed E-state index contributed by atoms with van der Waals surface area (Å²) >= 11 is 0. The van der Waals surface area contributed by atoms with E-state index in [1.807, 2.05) is 0 Å². The molecule has 0 aromatic heterocycles. The zero-order chi connectivity index (χ0) is 20.5. The van der Waals surface area contributed by atoms with Crippen molar-refractivity contribution in [3.05, 3.63) is 12.2 Å². The van der Waals surface area contributed by atoms with Gasteiger partial charge in [0, 0.05) is 56.0 Å². The molecule has 10 nitrogen and oxygen atoms in total. The van der Waals surface area contributed by atoms with Crippen molar-refractivity contribution in [1.29, 1.82) is 0 Å². The molecule has 0 atom stereocenters. The van der Waals surface area contributed by atoms with Crippen molar-refractivity contribution in [2.45, 2.75) is 25.7 Å². The van der Waals surface area contributed by atoms with Gasteiger partial charge in [0.2, 0.25) is 5.91 Å². The number of imide groups is 2. The summed E-state index contributed by atoms with van der Waals surface area (Å²) in [6.07, 6.45) is 2.55. The molecule has 152 valence electrons. The van der Waals surface area contributed by atoms with Crippen molar-refractivity contribution < 1.29 is 33.6 Å². The topological polar surface area (TPSA) is 130 Å². The molecule has 2 rings (SSSR count). The van der Waals surface area contributed by atoms with Crippen molar-refractivity contribution in [2.75, 3.05) is 24.6 Å². The van der Waals surface area contributed by atoms with Crippen molar-refractivity contribution in [3.8, 4) is 0 Å². The quantitative estimate of drug-likeness (QED) is 0.269. The van der Waals surface area contributed by atoms with Gasteiger partial charge < -0.3 is 10.2 Å². The molecule has 0 bridgehead atoms. The second-order valence-electron chi connectivity index (χ2n) is 5.70. The summed E-state index contributed by atoms with van der Waals surface area (Å²) in [5.41, 5.74) is 0. The number of rotatable bonds is 11. The molecule has 1 saturated heterocycles. The van der Waals surface area contributed by atoms with E-state index in [9.17, 15) is 28.8 Å². The summed E-state index contributed by atoms with van der Waals surface area (Å²) in [5, 5.41) is 3.20. The Labute approximate surface area is 168 Å². The molecule has 0 radical (unpaired) electrons. The Balaban J connectivity index is 1.46. The molecule has 0 unspecified atom stereocenters. The van der Waals surface area contributed by atoms with Gasteiger partial charge in [-0.3, -0.25) is 28.9 Å². The molecule has 0 aliphatic carbocycles. The molecule has 2 aliphatic heterocycles. The van der Waals surface area contributed by atoms with Crippen molar-refractivity contribution in [3.63, 3.8) is 0 Å². The minimum Gasteiger partial charge on any atom is -0.355 e. The van der Waals surface area contributed by atoms with Crippen LogP contribution < -0.4 is 5.32 Å². The van der Waals surface area contributed by atoms with Gasteiger partial charge in [0.25, 0.3) is 23.6 Å². The van der Waals surface area contributed by atoms with Crippen molar-refractivity contribution >= 4 is 57.1 Å². The van der Waals surface area contributed by atoms with Crippen molar-refractivity contribution in [1.82, 2.24) is 15.3 Å². The Morgan fingerprint density at radius 3 is 2.21 bits per heavy atom. The zero-order valence-electron chi connectivity index (χ0n) is 14.9. The van der Waals surface area contributed by atoms with E-state index >= 15 is 0 Å². The van der Waals surface area contributed by atoms with E-state index < -0.39 is 29.6 Å². The number of hydrogen-bond acceptors (Lipinski definition) is 9. The molecule has 0 spiro atoms. The number of nitrogens with one attached hydrogen (secondary N) is 1. The summed E-state index contributed by atoms with van der Waals surface area (Å²) in [6.45, 7) is 0.445. The molecule has 5 amide bonds. The minimum absolute atomic E-state index is 0.0384. The smallest absolute Gasteiger partial charge is 0.334 e. The lowest BCUT2D eigenvalue weighted by molar-refractivity contribution is -0.197. The monoisotopic (exact) mass is 429 g/mol. The number of hydroxylamine groups is 2. The van der Waals surface area contributed by atoms with Gasteiger partial charge in [-0.05, 0) is 0 Å². The molecule has 2 aliphatic rings. The third kappa shape index (κ3) is 6.68. The molecule has 0 saturated carbocycles. The summed E-state index contributed by atoms with van der Waals surface area (Å²) in [5.74, 6) is -1.73. The summed E-state index contributed by atoms with van der Waals surface area (Å²) in [4.78, 5) is 74.4. The Bertz CT molecular complexity index is 676. The highest BCUT2D eigenvalue weighted by Crippen LogP contribution is 2.21. The average Bonchev–Trinajstić information content (AvgIpc) is 3.14. The van der Waals surface area contributed by atoms with E-state index in [4.69, 9.17) is 4.84 Å². The second kappa shape index (κ2) is 10.9. The average molecular weight is 429 g/mol. The zero-order valence-corrected chi connectivity index (χ0v) is 16.5. The first-order valence-electron chi connectivity index (χ1n) is 8.49. The van der Waals surface area contributed by atoms with E-state index in [1.165, 1.54) is 33.7 Å². The first-order valence-corrected chi connectivity index (χ1v) is 11.0. The van der Waals surface area contributed by atoms with E-state index in [1.54, 1.807) is 0 Å². The van der Waals surface area contributed by atoms with E-state index in [0.717, 1.165) is 4.90 Å². The lowest BCUT2D eigenvalue weighted by Crippen LogP contribution is -2.35. The fourth-order valence-corrected chi connectivity index (χ4v) is 4.11. The molecule has 28 heavy (non-hydrogen) atoms. The maximum atomic E-state index is 11.7. The highest BCUT2D eigenvalue weighted by Gasteiger charge is 2.32. The van der Waals surface area contributed by atoms with Crippen LogP contribution in [-0.2, 0) is 33.6 Å². The number of hydrogen-bond donors (Lipinski definition) is 1. The molecular weight excluding hydrogens is 410 g/mol. The van der Waals surface area contributed by atoms with Crippen LogP contribution in [-0.4, -0.2) is 70.1 Å². The van der Waals surface area contributed by atoms with Crippen LogP contribution in [0.2, 0.25) is 0 Å². The Kier molecular flexibility index (Phi) is 8.51. The predicted molar refractivity (Wildman–Crippen MR) is 100 cm³/mol. The number of nitrogens with zero attached hydrogens (tertiary/aromatic N) is 2. The van der Waals surface area contributed by atoms with Gasteiger partial charge in [-0.2, -0.15) is 0 Å². The van der Waals surface area contributed by atoms with Crippen LogP contribution in [0.1, 0.15) is 25.7 Å². The number of carbonyl (C=O) groups is 6. The van der Waals surface area contributed by atoms with Crippen LogP contribution >= 0.6 is 21.6 Å². The third-order valence-electron chi connectivity index (χ3n) is 3.64. The van der Waals surface area contributed by atoms with Gasteiger partial charge >= 0.3 is 5.97 Å². The number of carbonyl (C=O) groups excluding carboxylic acids is 6. The van der Waals surface area contributed by atoms with Gasteiger partial charge in [0.15, 0.2) is 0 Å². The lowest BCUT2D eigenvalue weighted by Gasteiger charge is -2.13. The Morgan fingerprint density at radius 2 is 1.57 bits per heavy atom. The number of amides is 5. The summed E-state index contributed by atoms with van der Waals surface area (Å²) in [6, 6.07) is 0. The molecular formula is C16H19N3O7S2. The van der Waals surface area contributed by atoms with Crippen molar-refractivity contribution in [2.24, 2.45) is 0 Å². The second-order valence-corrected chi connectivity index (χ2v) is 8.40. The standard InChI is InChI=1S/C16H19N3O7S2/c20-11(5-8-18-12(21)1-2-13(18)22)17-7-10-28-27-9-6-16(25)26-19-14(23)3-4-15(19)24/h1-2H,3-10H2,(H,17,20). The van der Waals surface area contributed by atoms with Crippen LogP contribution in [0.15, 0.2) is 12.2 Å². The lowest BCUT2D eigenvalue weighted by atomic mass is 10.3. The summed E-state index contributed by atoms with van der Waals surface area (Å²) in [7, 11) is 2.84. The largest absolute Gasteiger partial charge is 0.355 e. The SMILES string of the molecule is O=C(CCN1C(=O)C=CC1=O)NCCSSCCC(=O)ON1C(=O)CCC1=O. The van der Waals surface area contributed by atoms with Gasteiger partial charge in [-0.25, -0.2) is 4.79 Å². The van der Waals surface area contributed by atoms with Crippen LogP contribution in [0.25, 0.3) is 0 Å². The van der Waals surface area contributed by atoms with Gasteiger partial charge in [0.05, 0.1) is 6.42 Å². The third-order valence-corrected chi connectivity index (χ3v) is 6.05. The maximum absolute atomic E-state index is 11.7.